The molecule has 1 saturated carbocycles. The van der Waals surface area contributed by atoms with Gasteiger partial charge < -0.3 is 5.11 Å². The molecule has 1 aliphatic carbocycles. The first kappa shape index (κ1) is 15.1. The van der Waals surface area contributed by atoms with Crippen LogP contribution in [0.2, 0.25) is 5.15 Å². The molecular weight excluding hydrogens is 352 g/mol. The van der Waals surface area contributed by atoms with Gasteiger partial charge in [0.05, 0.1) is 18.8 Å². The second kappa shape index (κ2) is 6.51. The Bertz CT molecular complexity index is 635. The van der Waals surface area contributed by atoms with Gasteiger partial charge in [-0.1, -0.05) is 58.6 Å². The number of halogens is 2. The molecule has 0 amide bonds. The highest BCUT2D eigenvalue weighted by atomic mass is 79.9. The van der Waals surface area contributed by atoms with Crippen molar-refractivity contribution in [3.63, 3.8) is 0 Å². The molecule has 0 radical (unpaired) electrons. The fraction of sp³-hybridized carbons (Fsp3) is 0.438. The molecule has 1 fully saturated rings. The number of rotatable bonds is 4. The zero-order valence-corrected chi connectivity index (χ0v) is 14.1. The molecule has 0 saturated heterocycles. The van der Waals surface area contributed by atoms with Crippen LogP contribution in [-0.2, 0) is 13.2 Å². The molecule has 1 N–H and O–H groups in total. The molecule has 0 atom stereocenters. The molecule has 112 valence electrons. The normalized spacial score (nSPS) is 15.8. The average Bonchev–Trinajstić information content (AvgIpc) is 3.10. The van der Waals surface area contributed by atoms with E-state index < -0.39 is 0 Å². The Labute approximate surface area is 138 Å². The molecule has 1 aliphatic rings. The van der Waals surface area contributed by atoms with Gasteiger partial charge in [0.2, 0.25) is 0 Å². The SMILES string of the molecule is OCc1c(C2CCCC2)nn(Cc2ccccc2Br)c1Cl. The monoisotopic (exact) mass is 368 g/mol. The molecule has 0 bridgehead atoms. The minimum Gasteiger partial charge on any atom is -0.391 e. The van der Waals surface area contributed by atoms with Gasteiger partial charge in [-0.3, -0.25) is 0 Å². The fourth-order valence-corrected chi connectivity index (χ4v) is 3.73. The molecule has 0 unspecified atom stereocenters. The Hall–Kier alpha value is -0.840. The van der Waals surface area contributed by atoms with Gasteiger partial charge in [0, 0.05) is 16.0 Å². The maximum absolute atomic E-state index is 9.65. The largest absolute Gasteiger partial charge is 0.391 e. The van der Waals surface area contributed by atoms with E-state index in [4.69, 9.17) is 16.7 Å². The van der Waals surface area contributed by atoms with Crippen molar-refractivity contribution in [2.75, 3.05) is 0 Å². The standard InChI is InChI=1S/C16H18BrClN2O/c17-14-8-4-3-7-12(14)9-20-16(18)13(10-21)15(19-20)11-5-1-2-6-11/h3-4,7-8,11,21H,1-2,5-6,9-10H2. The van der Waals surface area contributed by atoms with E-state index in [1.165, 1.54) is 12.8 Å². The maximum Gasteiger partial charge on any atom is 0.133 e. The molecule has 1 heterocycles. The van der Waals surface area contributed by atoms with Crippen molar-refractivity contribution in [2.24, 2.45) is 0 Å². The molecule has 3 nitrogen and oxygen atoms in total. The number of aromatic nitrogens is 2. The third-order valence-corrected chi connectivity index (χ3v) is 5.39. The smallest absolute Gasteiger partial charge is 0.133 e. The number of aliphatic hydroxyl groups excluding tert-OH is 1. The third-order valence-electron chi connectivity index (χ3n) is 4.19. The Balaban J connectivity index is 1.94. The van der Waals surface area contributed by atoms with Crippen molar-refractivity contribution >= 4 is 27.5 Å². The lowest BCUT2D eigenvalue weighted by Gasteiger charge is -2.07. The Morgan fingerprint density at radius 3 is 2.67 bits per heavy atom. The number of nitrogens with zero attached hydrogens (tertiary/aromatic N) is 2. The van der Waals surface area contributed by atoms with Crippen LogP contribution in [0.25, 0.3) is 0 Å². The lowest BCUT2D eigenvalue weighted by Crippen LogP contribution is -2.04. The molecular formula is C16H18BrClN2O. The van der Waals surface area contributed by atoms with Gasteiger partial charge >= 0.3 is 0 Å². The minimum atomic E-state index is -0.0410. The number of benzene rings is 1. The molecule has 1 aromatic carbocycles. The van der Waals surface area contributed by atoms with Gasteiger partial charge in [0.25, 0.3) is 0 Å². The highest BCUT2D eigenvalue weighted by Crippen LogP contribution is 2.37. The summed E-state index contributed by atoms with van der Waals surface area (Å²) in [5, 5.41) is 14.9. The van der Waals surface area contributed by atoms with Crippen LogP contribution in [0.4, 0.5) is 0 Å². The second-order valence-corrected chi connectivity index (χ2v) is 6.76. The first-order valence-electron chi connectivity index (χ1n) is 7.30. The van der Waals surface area contributed by atoms with E-state index in [1.807, 2.05) is 18.2 Å². The summed E-state index contributed by atoms with van der Waals surface area (Å²) < 4.78 is 2.85. The lowest BCUT2D eigenvalue weighted by molar-refractivity contribution is 0.280. The van der Waals surface area contributed by atoms with Crippen molar-refractivity contribution in [3.8, 4) is 0 Å². The van der Waals surface area contributed by atoms with Gasteiger partial charge in [-0.15, -0.1) is 0 Å². The van der Waals surface area contributed by atoms with E-state index in [1.54, 1.807) is 4.68 Å². The summed E-state index contributed by atoms with van der Waals surface area (Å²) in [5.41, 5.74) is 2.92. The second-order valence-electron chi connectivity index (χ2n) is 5.54. The average molecular weight is 370 g/mol. The molecule has 0 spiro atoms. The summed E-state index contributed by atoms with van der Waals surface area (Å²) in [7, 11) is 0. The van der Waals surface area contributed by atoms with Crippen LogP contribution in [0.5, 0.6) is 0 Å². The van der Waals surface area contributed by atoms with E-state index in [-0.39, 0.29) is 6.61 Å². The lowest BCUT2D eigenvalue weighted by atomic mass is 10.0. The van der Waals surface area contributed by atoms with E-state index in [0.717, 1.165) is 34.1 Å². The molecule has 0 aliphatic heterocycles. The molecule has 5 heteroatoms. The highest BCUT2D eigenvalue weighted by Gasteiger charge is 2.26. The van der Waals surface area contributed by atoms with E-state index in [0.29, 0.717) is 17.6 Å². The Morgan fingerprint density at radius 2 is 2.00 bits per heavy atom. The molecule has 1 aromatic heterocycles. The van der Waals surface area contributed by atoms with Crippen molar-refractivity contribution in [3.05, 3.63) is 50.7 Å². The summed E-state index contributed by atoms with van der Waals surface area (Å²) in [4.78, 5) is 0. The summed E-state index contributed by atoms with van der Waals surface area (Å²) in [6.07, 6.45) is 4.78. The van der Waals surface area contributed by atoms with Crippen LogP contribution in [0, 0.1) is 0 Å². The van der Waals surface area contributed by atoms with Gasteiger partial charge in [-0.25, -0.2) is 4.68 Å². The summed E-state index contributed by atoms with van der Waals surface area (Å²) in [5.74, 6) is 0.449. The molecule has 2 aromatic rings. The fourth-order valence-electron chi connectivity index (χ4n) is 3.06. The van der Waals surface area contributed by atoms with Gasteiger partial charge in [0.15, 0.2) is 0 Å². The van der Waals surface area contributed by atoms with Crippen LogP contribution in [0.15, 0.2) is 28.7 Å². The summed E-state index contributed by atoms with van der Waals surface area (Å²) in [6.45, 7) is 0.570. The zero-order chi connectivity index (χ0) is 14.8. The minimum absolute atomic E-state index is 0.0410. The van der Waals surface area contributed by atoms with E-state index in [2.05, 4.69) is 22.0 Å². The predicted octanol–water partition coefficient (Wildman–Crippen LogP) is 4.50. The topological polar surface area (TPSA) is 38.1 Å². The van der Waals surface area contributed by atoms with Crippen molar-refractivity contribution in [1.29, 1.82) is 0 Å². The van der Waals surface area contributed by atoms with Crippen molar-refractivity contribution in [1.82, 2.24) is 9.78 Å². The Kier molecular flexibility index (Phi) is 4.67. The van der Waals surface area contributed by atoms with Gasteiger partial charge in [-0.2, -0.15) is 5.10 Å². The zero-order valence-electron chi connectivity index (χ0n) is 11.7. The number of aliphatic hydroxyl groups is 1. The first-order chi connectivity index (χ1) is 10.2. The highest BCUT2D eigenvalue weighted by molar-refractivity contribution is 9.10. The predicted molar refractivity (Wildman–Crippen MR) is 87.6 cm³/mol. The van der Waals surface area contributed by atoms with Crippen LogP contribution in [-0.4, -0.2) is 14.9 Å². The quantitative estimate of drug-likeness (QED) is 0.862. The van der Waals surface area contributed by atoms with Crippen LogP contribution in [0.1, 0.15) is 48.4 Å². The van der Waals surface area contributed by atoms with Crippen molar-refractivity contribution < 1.29 is 5.11 Å². The van der Waals surface area contributed by atoms with E-state index >= 15 is 0 Å². The van der Waals surface area contributed by atoms with E-state index in [9.17, 15) is 5.11 Å². The Morgan fingerprint density at radius 1 is 1.29 bits per heavy atom. The number of hydrogen-bond acceptors (Lipinski definition) is 2. The van der Waals surface area contributed by atoms with Crippen LogP contribution >= 0.6 is 27.5 Å². The van der Waals surface area contributed by atoms with Crippen LogP contribution < -0.4 is 0 Å². The van der Waals surface area contributed by atoms with Crippen molar-refractivity contribution in [2.45, 2.75) is 44.8 Å². The molecule has 3 rings (SSSR count). The van der Waals surface area contributed by atoms with Gasteiger partial charge in [-0.05, 0) is 24.5 Å². The summed E-state index contributed by atoms with van der Waals surface area (Å²) in [6, 6.07) is 8.05. The van der Waals surface area contributed by atoms with Gasteiger partial charge in [0.1, 0.15) is 5.15 Å². The third kappa shape index (κ3) is 3.03. The number of hydrogen-bond donors (Lipinski definition) is 1. The molecule has 21 heavy (non-hydrogen) atoms. The van der Waals surface area contributed by atoms with Crippen LogP contribution in [0.3, 0.4) is 0 Å². The summed E-state index contributed by atoms with van der Waals surface area (Å²) >= 11 is 9.99. The first-order valence-corrected chi connectivity index (χ1v) is 8.47. The maximum atomic E-state index is 9.65.